The van der Waals surface area contributed by atoms with Crippen molar-refractivity contribution in [3.63, 3.8) is 0 Å². The number of para-hydroxylation sites is 1. The van der Waals surface area contributed by atoms with E-state index in [0.29, 0.717) is 12.0 Å². The van der Waals surface area contributed by atoms with E-state index in [-0.39, 0.29) is 6.10 Å². The van der Waals surface area contributed by atoms with Crippen LogP contribution in [0.25, 0.3) is 10.9 Å². The van der Waals surface area contributed by atoms with E-state index in [9.17, 15) is 0 Å². The first-order chi connectivity index (χ1) is 14.1. The number of aromatic nitrogens is 2. The largest absolute Gasteiger partial charge is 0.497 e. The molecule has 0 unspecified atom stereocenters. The molecule has 4 rings (SSSR count). The summed E-state index contributed by atoms with van der Waals surface area (Å²) in [6.45, 7) is 6.65. The number of rotatable bonds is 6. The van der Waals surface area contributed by atoms with Crippen molar-refractivity contribution in [2.24, 2.45) is 0 Å². The van der Waals surface area contributed by atoms with Crippen LogP contribution in [0.3, 0.4) is 0 Å². The Labute approximate surface area is 171 Å². The van der Waals surface area contributed by atoms with E-state index in [4.69, 9.17) is 14.5 Å². The highest BCUT2D eigenvalue weighted by Gasteiger charge is 2.22. The molecule has 0 radical (unpaired) electrons. The molecule has 1 aliphatic rings. The first-order valence-corrected chi connectivity index (χ1v) is 10.2. The second-order valence-electron chi connectivity index (χ2n) is 7.69. The van der Waals surface area contributed by atoms with E-state index in [1.54, 1.807) is 7.11 Å². The van der Waals surface area contributed by atoms with Gasteiger partial charge in [0.1, 0.15) is 23.1 Å². The minimum atomic E-state index is 0.226. The van der Waals surface area contributed by atoms with Gasteiger partial charge in [-0.15, -0.1) is 0 Å². The number of hydrogen-bond donors (Lipinski definition) is 1. The van der Waals surface area contributed by atoms with Crippen molar-refractivity contribution in [1.82, 2.24) is 14.9 Å². The lowest BCUT2D eigenvalue weighted by atomic mass is 10.1. The van der Waals surface area contributed by atoms with Gasteiger partial charge in [-0.05, 0) is 57.0 Å². The maximum atomic E-state index is 6.37. The molecule has 152 valence electrons. The summed E-state index contributed by atoms with van der Waals surface area (Å²) in [5, 5.41) is 4.23. The summed E-state index contributed by atoms with van der Waals surface area (Å²) in [4.78, 5) is 11.7. The summed E-state index contributed by atoms with van der Waals surface area (Å²) >= 11 is 0. The Morgan fingerprint density at radius 2 is 1.83 bits per heavy atom. The molecule has 2 heterocycles. The van der Waals surface area contributed by atoms with Crippen LogP contribution in [0.4, 0.5) is 11.6 Å². The second-order valence-corrected chi connectivity index (χ2v) is 7.69. The van der Waals surface area contributed by atoms with Gasteiger partial charge in [0.15, 0.2) is 0 Å². The number of nitrogens with one attached hydrogen (secondary N) is 1. The molecule has 2 aromatic carbocycles. The fourth-order valence-electron chi connectivity index (χ4n) is 3.68. The molecule has 0 spiro atoms. The third-order valence-electron chi connectivity index (χ3n) is 5.42. The topological polar surface area (TPSA) is 59.5 Å². The van der Waals surface area contributed by atoms with Crippen LogP contribution in [0.15, 0.2) is 48.7 Å². The third kappa shape index (κ3) is 4.59. The van der Waals surface area contributed by atoms with Gasteiger partial charge >= 0.3 is 0 Å². The molecule has 29 heavy (non-hydrogen) atoms. The molecule has 1 N–H and O–H groups in total. The summed E-state index contributed by atoms with van der Waals surface area (Å²) in [6, 6.07) is 14.3. The number of fused-ring (bicyclic) bond motifs is 1. The number of benzene rings is 2. The van der Waals surface area contributed by atoms with Crippen molar-refractivity contribution in [3.05, 3.63) is 48.7 Å². The van der Waals surface area contributed by atoms with E-state index in [2.05, 4.69) is 29.0 Å². The lowest BCUT2D eigenvalue weighted by Crippen LogP contribution is -2.41. The average molecular weight is 393 g/mol. The van der Waals surface area contributed by atoms with Crippen LogP contribution < -0.4 is 14.8 Å². The Balaban J connectivity index is 1.51. The number of hydrogen-bond acceptors (Lipinski definition) is 6. The molecule has 0 amide bonds. The Bertz CT molecular complexity index is 951. The van der Waals surface area contributed by atoms with Crippen molar-refractivity contribution in [2.45, 2.75) is 38.8 Å². The summed E-state index contributed by atoms with van der Waals surface area (Å²) in [7, 11) is 1.66. The zero-order valence-electron chi connectivity index (χ0n) is 17.3. The minimum absolute atomic E-state index is 0.226. The van der Waals surface area contributed by atoms with E-state index < -0.39 is 0 Å². The Morgan fingerprint density at radius 3 is 2.52 bits per heavy atom. The lowest BCUT2D eigenvalue weighted by Gasteiger charge is -2.34. The second kappa shape index (κ2) is 8.66. The van der Waals surface area contributed by atoms with E-state index in [1.807, 2.05) is 48.7 Å². The third-order valence-corrected chi connectivity index (χ3v) is 5.42. The lowest BCUT2D eigenvalue weighted by molar-refractivity contribution is 0.0852. The van der Waals surface area contributed by atoms with Crippen LogP contribution in [-0.4, -0.2) is 47.2 Å². The van der Waals surface area contributed by atoms with E-state index >= 15 is 0 Å². The van der Waals surface area contributed by atoms with Crippen LogP contribution in [-0.2, 0) is 0 Å². The number of ether oxygens (including phenoxy) is 2. The van der Waals surface area contributed by atoms with Crippen LogP contribution in [0.2, 0.25) is 0 Å². The van der Waals surface area contributed by atoms with Gasteiger partial charge < -0.3 is 19.7 Å². The fourth-order valence-corrected chi connectivity index (χ4v) is 3.68. The highest BCUT2D eigenvalue weighted by Crippen LogP contribution is 2.28. The van der Waals surface area contributed by atoms with Crippen LogP contribution in [0, 0.1) is 0 Å². The Hall–Kier alpha value is -2.86. The highest BCUT2D eigenvalue weighted by atomic mass is 16.5. The molecule has 6 nitrogen and oxygen atoms in total. The van der Waals surface area contributed by atoms with Gasteiger partial charge in [0, 0.05) is 36.4 Å². The molecule has 1 aliphatic heterocycles. The highest BCUT2D eigenvalue weighted by molar-refractivity contribution is 5.85. The molecule has 0 atom stereocenters. The summed E-state index contributed by atoms with van der Waals surface area (Å²) in [5.41, 5.74) is 1.74. The van der Waals surface area contributed by atoms with Crippen molar-refractivity contribution in [1.29, 1.82) is 0 Å². The Kier molecular flexibility index (Phi) is 5.81. The van der Waals surface area contributed by atoms with Gasteiger partial charge in [-0.1, -0.05) is 12.1 Å². The number of piperidine rings is 1. The molecule has 1 fully saturated rings. The molecule has 1 aromatic heterocycles. The monoisotopic (exact) mass is 392 g/mol. The summed E-state index contributed by atoms with van der Waals surface area (Å²) in [6.07, 6.45) is 4.14. The molecular weight excluding hydrogens is 364 g/mol. The van der Waals surface area contributed by atoms with Gasteiger partial charge in [-0.3, -0.25) is 0 Å². The first-order valence-electron chi connectivity index (χ1n) is 10.2. The predicted molar refractivity (Wildman–Crippen MR) is 116 cm³/mol. The van der Waals surface area contributed by atoms with Gasteiger partial charge in [0.2, 0.25) is 5.95 Å². The molecule has 0 aliphatic carbocycles. The number of likely N-dealkylation sites (tertiary alicyclic amines) is 1. The quantitative estimate of drug-likeness (QED) is 0.660. The number of methoxy groups -OCH3 is 1. The van der Waals surface area contributed by atoms with E-state index in [1.165, 1.54) is 0 Å². The molecule has 3 aromatic rings. The first kappa shape index (κ1) is 19.5. The van der Waals surface area contributed by atoms with Crippen molar-refractivity contribution in [3.8, 4) is 11.5 Å². The van der Waals surface area contributed by atoms with Crippen LogP contribution >= 0.6 is 0 Å². The maximum absolute atomic E-state index is 6.37. The number of nitrogens with zero attached hydrogens (tertiary/aromatic N) is 3. The molecule has 0 saturated carbocycles. The van der Waals surface area contributed by atoms with Gasteiger partial charge in [0.05, 0.1) is 7.11 Å². The zero-order valence-corrected chi connectivity index (χ0v) is 17.3. The standard InChI is InChI=1S/C23H28N4O2/c1-16(2)27-13-11-20(12-14-27)29-21-6-4-5-17-15-24-23(26-22(17)21)25-18-7-9-19(28-3)10-8-18/h4-10,15-16,20H,11-14H2,1-3H3,(H,24,25,26). The maximum Gasteiger partial charge on any atom is 0.227 e. The summed E-state index contributed by atoms with van der Waals surface area (Å²) < 4.78 is 11.6. The summed E-state index contributed by atoms with van der Waals surface area (Å²) in [5.74, 6) is 2.19. The average Bonchev–Trinajstić information content (AvgIpc) is 2.75. The molecular formula is C23H28N4O2. The number of anilines is 2. The normalized spacial score (nSPS) is 15.6. The van der Waals surface area contributed by atoms with Crippen molar-refractivity contribution >= 4 is 22.5 Å². The van der Waals surface area contributed by atoms with E-state index in [0.717, 1.165) is 54.0 Å². The minimum Gasteiger partial charge on any atom is -0.497 e. The van der Waals surface area contributed by atoms with Crippen molar-refractivity contribution < 1.29 is 9.47 Å². The smallest absolute Gasteiger partial charge is 0.227 e. The van der Waals surface area contributed by atoms with Crippen LogP contribution in [0.5, 0.6) is 11.5 Å². The van der Waals surface area contributed by atoms with Crippen LogP contribution in [0.1, 0.15) is 26.7 Å². The fraction of sp³-hybridized carbons (Fsp3) is 0.391. The van der Waals surface area contributed by atoms with Gasteiger partial charge in [-0.2, -0.15) is 0 Å². The van der Waals surface area contributed by atoms with Crippen molar-refractivity contribution in [2.75, 3.05) is 25.5 Å². The Morgan fingerprint density at radius 1 is 1.07 bits per heavy atom. The molecule has 6 heteroatoms. The predicted octanol–water partition coefficient (Wildman–Crippen LogP) is 4.63. The zero-order chi connectivity index (χ0) is 20.2. The molecule has 0 bridgehead atoms. The van der Waals surface area contributed by atoms with Gasteiger partial charge in [-0.25, -0.2) is 9.97 Å². The van der Waals surface area contributed by atoms with Gasteiger partial charge in [0.25, 0.3) is 0 Å². The SMILES string of the molecule is COc1ccc(Nc2ncc3cccc(OC4CCN(C(C)C)CC4)c3n2)cc1. The molecule has 1 saturated heterocycles.